The lowest BCUT2D eigenvalue weighted by molar-refractivity contribution is 0.0663. The van der Waals surface area contributed by atoms with Gasteiger partial charge in [-0.2, -0.15) is 11.8 Å². The molecule has 1 aromatic heterocycles. The lowest BCUT2D eigenvalue weighted by Crippen LogP contribution is -2.17. The molecular formula is C15H16O4S. The van der Waals surface area contributed by atoms with Crippen LogP contribution in [0.2, 0.25) is 0 Å². The summed E-state index contributed by atoms with van der Waals surface area (Å²) < 4.78 is 10.8. The molecule has 0 radical (unpaired) electrons. The fourth-order valence-electron chi connectivity index (χ4n) is 2.46. The quantitative estimate of drug-likeness (QED) is 0.934. The zero-order valence-electron chi connectivity index (χ0n) is 11.0. The highest BCUT2D eigenvalue weighted by Crippen LogP contribution is 2.32. The summed E-state index contributed by atoms with van der Waals surface area (Å²) in [5.74, 6) is -0.252. The number of carbonyl (C=O) groups is 1. The first-order chi connectivity index (χ1) is 9.75. The molecule has 20 heavy (non-hydrogen) atoms. The predicted molar refractivity (Wildman–Crippen MR) is 78.3 cm³/mol. The number of hydrogen-bond acceptors (Lipinski definition) is 4. The molecule has 1 aliphatic rings. The normalized spacial score (nSPS) is 16.6. The molecule has 4 nitrogen and oxygen atoms in total. The number of furan rings is 1. The SMILES string of the molecule is O=C(O)c1oc2ccccc2c1CSC1CCOCC1. The fourth-order valence-corrected chi connectivity index (χ4v) is 3.67. The van der Waals surface area contributed by atoms with Gasteiger partial charge in [-0.25, -0.2) is 4.79 Å². The van der Waals surface area contributed by atoms with Gasteiger partial charge < -0.3 is 14.3 Å². The summed E-state index contributed by atoms with van der Waals surface area (Å²) in [6.07, 6.45) is 2.06. The number of thioether (sulfide) groups is 1. The van der Waals surface area contributed by atoms with Crippen LogP contribution in [0.3, 0.4) is 0 Å². The minimum atomic E-state index is -0.997. The van der Waals surface area contributed by atoms with Crippen LogP contribution >= 0.6 is 11.8 Å². The van der Waals surface area contributed by atoms with Gasteiger partial charge in [0.1, 0.15) is 5.58 Å². The molecule has 3 rings (SSSR count). The molecule has 2 aromatic rings. The van der Waals surface area contributed by atoms with Crippen molar-refractivity contribution in [2.75, 3.05) is 13.2 Å². The van der Waals surface area contributed by atoms with Gasteiger partial charge in [-0.15, -0.1) is 0 Å². The molecule has 1 aromatic carbocycles. The molecular weight excluding hydrogens is 276 g/mol. The summed E-state index contributed by atoms with van der Waals surface area (Å²) in [5.41, 5.74) is 1.44. The zero-order valence-corrected chi connectivity index (χ0v) is 11.8. The van der Waals surface area contributed by atoms with Gasteiger partial charge in [0.2, 0.25) is 5.76 Å². The average molecular weight is 292 g/mol. The first kappa shape index (κ1) is 13.5. The maximum atomic E-state index is 11.3. The highest BCUT2D eigenvalue weighted by Gasteiger charge is 2.21. The van der Waals surface area contributed by atoms with Crippen LogP contribution in [-0.4, -0.2) is 29.5 Å². The molecule has 1 aliphatic heterocycles. The van der Waals surface area contributed by atoms with E-state index in [0.717, 1.165) is 37.0 Å². The Bertz CT molecular complexity index is 613. The number of hydrogen-bond donors (Lipinski definition) is 1. The van der Waals surface area contributed by atoms with Crippen LogP contribution in [0.15, 0.2) is 28.7 Å². The van der Waals surface area contributed by atoms with Crippen molar-refractivity contribution in [2.24, 2.45) is 0 Å². The molecule has 1 saturated heterocycles. The molecule has 0 spiro atoms. The van der Waals surface area contributed by atoms with Gasteiger partial charge in [0.15, 0.2) is 0 Å². The second-order valence-electron chi connectivity index (χ2n) is 4.83. The van der Waals surface area contributed by atoms with E-state index in [4.69, 9.17) is 9.15 Å². The Balaban J connectivity index is 1.84. The molecule has 0 atom stereocenters. The van der Waals surface area contributed by atoms with Gasteiger partial charge in [-0.1, -0.05) is 18.2 Å². The smallest absolute Gasteiger partial charge is 0.372 e. The van der Waals surface area contributed by atoms with E-state index in [1.807, 2.05) is 24.3 Å². The van der Waals surface area contributed by atoms with Crippen molar-refractivity contribution in [3.63, 3.8) is 0 Å². The highest BCUT2D eigenvalue weighted by atomic mass is 32.2. The molecule has 5 heteroatoms. The summed E-state index contributed by atoms with van der Waals surface area (Å²) in [6.45, 7) is 1.60. The molecule has 0 amide bonds. The molecule has 0 saturated carbocycles. The second-order valence-corrected chi connectivity index (χ2v) is 6.12. The van der Waals surface area contributed by atoms with E-state index < -0.39 is 5.97 Å². The third-order valence-electron chi connectivity index (χ3n) is 3.52. The van der Waals surface area contributed by atoms with Crippen molar-refractivity contribution >= 4 is 28.7 Å². The van der Waals surface area contributed by atoms with Crippen LogP contribution in [0.25, 0.3) is 11.0 Å². The van der Waals surface area contributed by atoms with Crippen LogP contribution in [0.5, 0.6) is 0 Å². The Morgan fingerprint density at radius 1 is 1.30 bits per heavy atom. The molecule has 2 heterocycles. The summed E-state index contributed by atoms with van der Waals surface area (Å²) in [7, 11) is 0. The molecule has 0 unspecified atom stereocenters. The van der Waals surface area contributed by atoms with E-state index in [9.17, 15) is 9.90 Å². The third-order valence-corrected chi connectivity index (χ3v) is 4.92. The van der Waals surface area contributed by atoms with Gasteiger partial charge in [0.05, 0.1) is 0 Å². The predicted octanol–water partition coefficient (Wildman–Crippen LogP) is 3.54. The van der Waals surface area contributed by atoms with Crippen LogP contribution in [0, 0.1) is 0 Å². The van der Waals surface area contributed by atoms with Crippen molar-refractivity contribution in [3.8, 4) is 0 Å². The number of ether oxygens (including phenoxy) is 1. The number of para-hydroxylation sites is 1. The van der Waals surface area contributed by atoms with Gasteiger partial charge >= 0.3 is 5.97 Å². The van der Waals surface area contributed by atoms with Gasteiger partial charge in [-0.3, -0.25) is 0 Å². The van der Waals surface area contributed by atoms with Crippen molar-refractivity contribution in [2.45, 2.75) is 23.8 Å². The maximum Gasteiger partial charge on any atom is 0.372 e. The number of carboxylic acids is 1. The van der Waals surface area contributed by atoms with Gasteiger partial charge in [0.25, 0.3) is 0 Å². The zero-order chi connectivity index (χ0) is 13.9. The van der Waals surface area contributed by atoms with Gasteiger partial charge in [-0.05, 0) is 18.9 Å². The van der Waals surface area contributed by atoms with Crippen LogP contribution in [0.4, 0.5) is 0 Å². The molecule has 0 bridgehead atoms. The fraction of sp³-hybridized carbons (Fsp3) is 0.400. The van der Waals surface area contributed by atoms with E-state index in [1.165, 1.54) is 0 Å². The minimum Gasteiger partial charge on any atom is -0.475 e. The Morgan fingerprint density at radius 3 is 2.80 bits per heavy atom. The molecule has 106 valence electrons. The Kier molecular flexibility index (Phi) is 3.98. The number of benzene rings is 1. The van der Waals surface area contributed by atoms with Crippen molar-refractivity contribution in [1.29, 1.82) is 0 Å². The second kappa shape index (κ2) is 5.89. The Hall–Kier alpha value is -1.46. The average Bonchev–Trinajstić information content (AvgIpc) is 2.85. The largest absolute Gasteiger partial charge is 0.475 e. The van der Waals surface area contributed by atoms with Crippen molar-refractivity contribution < 1.29 is 19.1 Å². The summed E-state index contributed by atoms with van der Waals surface area (Å²) in [5, 5.41) is 10.7. The first-order valence-corrected chi connectivity index (χ1v) is 7.73. The topological polar surface area (TPSA) is 59.7 Å². The first-order valence-electron chi connectivity index (χ1n) is 6.69. The van der Waals surface area contributed by atoms with Crippen LogP contribution < -0.4 is 0 Å². The number of aromatic carboxylic acids is 1. The monoisotopic (exact) mass is 292 g/mol. The third kappa shape index (κ3) is 2.69. The van der Waals surface area contributed by atoms with Crippen molar-refractivity contribution in [3.05, 3.63) is 35.6 Å². The lowest BCUT2D eigenvalue weighted by Gasteiger charge is -2.21. The van der Waals surface area contributed by atoms with E-state index >= 15 is 0 Å². The lowest BCUT2D eigenvalue weighted by atomic mass is 10.1. The van der Waals surface area contributed by atoms with E-state index in [-0.39, 0.29) is 5.76 Å². The van der Waals surface area contributed by atoms with Crippen LogP contribution in [-0.2, 0) is 10.5 Å². The van der Waals surface area contributed by atoms with E-state index in [2.05, 4.69) is 0 Å². The van der Waals surface area contributed by atoms with E-state index in [1.54, 1.807) is 11.8 Å². The molecule has 1 fully saturated rings. The Morgan fingerprint density at radius 2 is 2.05 bits per heavy atom. The summed E-state index contributed by atoms with van der Waals surface area (Å²) in [6, 6.07) is 7.49. The highest BCUT2D eigenvalue weighted by molar-refractivity contribution is 7.99. The number of fused-ring (bicyclic) bond motifs is 1. The number of rotatable bonds is 4. The summed E-state index contributed by atoms with van der Waals surface area (Å²) in [4.78, 5) is 11.3. The Labute approximate surface area is 121 Å². The standard InChI is InChI=1S/C15H16O4S/c16-15(17)14-12(9-20-10-5-7-18-8-6-10)11-3-1-2-4-13(11)19-14/h1-4,10H,5-9H2,(H,16,17). The molecule has 0 aliphatic carbocycles. The van der Waals surface area contributed by atoms with Crippen molar-refractivity contribution in [1.82, 2.24) is 0 Å². The van der Waals surface area contributed by atoms with E-state index in [0.29, 0.717) is 16.6 Å². The minimum absolute atomic E-state index is 0.0748. The maximum absolute atomic E-state index is 11.3. The molecule has 1 N–H and O–H groups in total. The van der Waals surface area contributed by atoms with Crippen LogP contribution in [0.1, 0.15) is 29.0 Å². The van der Waals surface area contributed by atoms with Gasteiger partial charge in [0, 0.05) is 35.2 Å². The summed E-state index contributed by atoms with van der Waals surface area (Å²) >= 11 is 1.80. The number of carboxylic acid groups (broad SMARTS) is 1.